The Bertz CT molecular complexity index is 486. The third-order valence-corrected chi connectivity index (χ3v) is 2.93. The summed E-state index contributed by atoms with van der Waals surface area (Å²) in [6.45, 7) is 0. The molecule has 1 aromatic rings. The van der Waals surface area contributed by atoms with Gasteiger partial charge in [-0.05, 0) is 28.7 Å². The minimum atomic E-state index is -2.84. The van der Waals surface area contributed by atoms with Crippen molar-refractivity contribution in [3.8, 4) is 6.07 Å². The first kappa shape index (κ1) is 13.8. The van der Waals surface area contributed by atoms with E-state index < -0.39 is 18.1 Å². The molecule has 0 radical (unpaired) electrons. The Morgan fingerprint density at radius 1 is 1.71 bits per heavy atom. The van der Waals surface area contributed by atoms with Gasteiger partial charge in [0.05, 0.1) is 13.5 Å². The number of carbonyl (C=O) groups excluding carboxylic acids is 1. The number of alkyl halides is 2. The van der Waals surface area contributed by atoms with Gasteiger partial charge in [0.15, 0.2) is 0 Å². The summed E-state index contributed by atoms with van der Waals surface area (Å²) in [5, 5.41) is 8.63. The highest BCUT2D eigenvalue weighted by Crippen LogP contribution is 2.26. The molecule has 0 amide bonds. The minimum Gasteiger partial charge on any atom is -0.469 e. The molecule has 0 unspecified atom stereocenters. The molecule has 0 aliphatic rings. The molecule has 7 heteroatoms. The second-order valence-corrected chi connectivity index (χ2v) is 4.18. The molecule has 0 N–H and O–H groups in total. The highest BCUT2D eigenvalue weighted by Gasteiger charge is 2.21. The van der Waals surface area contributed by atoms with Gasteiger partial charge in [-0.25, -0.2) is 13.8 Å². The lowest BCUT2D eigenvalue weighted by Crippen LogP contribution is -2.11. The topological polar surface area (TPSA) is 63.0 Å². The Morgan fingerprint density at radius 3 is 2.82 bits per heavy atom. The van der Waals surface area contributed by atoms with Crippen LogP contribution in [0.1, 0.15) is 23.4 Å². The summed E-state index contributed by atoms with van der Waals surface area (Å²) < 4.78 is 30.3. The predicted octanol–water partition coefficient (Wildman–Crippen LogP) is 2.21. The molecule has 0 saturated carbocycles. The van der Waals surface area contributed by atoms with Crippen LogP contribution in [0.2, 0.25) is 0 Å². The van der Waals surface area contributed by atoms with Crippen molar-refractivity contribution in [2.24, 2.45) is 0 Å². The summed E-state index contributed by atoms with van der Waals surface area (Å²) in [6, 6.07) is 3.04. The van der Waals surface area contributed by atoms with Crippen molar-refractivity contribution in [2.45, 2.75) is 12.8 Å². The highest BCUT2D eigenvalue weighted by molar-refractivity contribution is 14.1. The Balaban J connectivity index is 3.27. The fraction of sp³-hybridized carbons (Fsp3) is 0.300. The maximum Gasteiger partial charge on any atom is 0.310 e. The Hall–Kier alpha value is -1.30. The minimum absolute atomic E-state index is 0.0988. The number of nitrogens with zero attached hydrogens (tertiary/aromatic N) is 2. The number of pyridine rings is 1. The van der Waals surface area contributed by atoms with Gasteiger partial charge in [-0.15, -0.1) is 0 Å². The van der Waals surface area contributed by atoms with Gasteiger partial charge in [0.25, 0.3) is 6.43 Å². The van der Waals surface area contributed by atoms with E-state index in [1.807, 2.05) is 0 Å². The summed E-state index contributed by atoms with van der Waals surface area (Å²) >= 11 is 1.79. The number of hydrogen-bond donors (Lipinski definition) is 0. The molecule has 0 saturated heterocycles. The smallest absolute Gasteiger partial charge is 0.310 e. The summed E-state index contributed by atoms with van der Waals surface area (Å²) in [7, 11) is 1.17. The lowest BCUT2D eigenvalue weighted by atomic mass is 10.1. The number of esters is 1. The SMILES string of the molecule is COC(=O)Cc1c(I)cc(C#N)nc1C(F)F. The van der Waals surface area contributed by atoms with Crippen LogP contribution in [-0.2, 0) is 16.0 Å². The Labute approximate surface area is 110 Å². The second kappa shape index (κ2) is 5.86. The van der Waals surface area contributed by atoms with E-state index in [4.69, 9.17) is 5.26 Å². The van der Waals surface area contributed by atoms with Crippen LogP contribution >= 0.6 is 22.6 Å². The van der Waals surface area contributed by atoms with Gasteiger partial charge in [0.1, 0.15) is 17.5 Å². The molecular formula is C10H7F2IN2O2. The van der Waals surface area contributed by atoms with Crippen LogP contribution in [0.4, 0.5) is 8.78 Å². The van der Waals surface area contributed by atoms with Crippen molar-refractivity contribution < 1.29 is 18.3 Å². The maximum absolute atomic E-state index is 12.8. The van der Waals surface area contributed by atoms with Gasteiger partial charge in [0, 0.05) is 9.13 Å². The third kappa shape index (κ3) is 3.33. The number of halogens is 3. The molecule has 0 bridgehead atoms. The van der Waals surface area contributed by atoms with Crippen molar-refractivity contribution in [1.29, 1.82) is 5.26 Å². The van der Waals surface area contributed by atoms with Crippen LogP contribution in [0.3, 0.4) is 0 Å². The van der Waals surface area contributed by atoms with E-state index in [-0.39, 0.29) is 17.7 Å². The van der Waals surface area contributed by atoms with Crippen LogP contribution in [0, 0.1) is 14.9 Å². The number of carbonyl (C=O) groups is 1. The van der Waals surface area contributed by atoms with Crippen LogP contribution in [-0.4, -0.2) is 18.1 Å². The maximum atomic E-state index is 12.8. The zero-order chi connectivity index (χ0) is 13.0. The number of nitriles is 1. The fourth-order valence-corrected chi connectivity index (χ4v) is 1.95. The molecule has 0 spiro atoms. The van der Waals surface area contributed by atoms with Crippen LogP contribution < -0.4 is 0 Å². The van der Waals surface area contributed by atoms with E-state index in [0.29, 0.717) is 3.57 Å². The summed E-state index contributed by atoms with van der Waals surface area (Å²) in [5.74, 6) is -0.628. The van der Waals surface area contributed by atoms with Gasteiger partial charge in [-0.1, -0.05) is 0 Å². The first-order valence-corrected chi connectivity index (χ1v) is 5.51. The number of ether oxygens (including phenoxy) is 1. The first-order valence-electron chi connectivity index (χ1n) is 4.44. The van der Waals surface area contributed by atoms with E-state index in [2.05, 4.69) is 9.72 Å². The lowest BCUT2D eigenvalue weighted by molar-refractivity contribution is -0.139. The van der Waals surface area contributed by atoms with Crippen molar-refractivity contribution in [3.05, 3.63) is 26.6 Å². The molecule has 17 heavy (non-hydrogen) atoms. The van der Waals surface area contributed by atoms with Crippen molar-refractivity contribution in [1.82, 2.24) is 4.98 Å². The fourth-order valence-electron chi connectivity index (χ4n) is 1.19. The molecule has 90 valence electrons. The van der Waals surface area contributed by atoms with Gasteiger partial charge >= 0.3 is 5.97 Å². The molecule has 4 nitrogen and oxygen atoms in total. The van der Waals surface area contributed by atoms with E-state index >= 15 is 0 Å². The normalized spacial score (nSPS) is 10.1. The standard InChI is InChI=1S/C10H7F2IN2O2/c1-17-8(16)3-6-7(13)2-5(4-14)15-9(6)10(11)12/h2,10H,3H2,1H3. The monoisotopic (exact) mass is 352 g/mol. The molecule has 0 fully saturated rings. The largest absolute Gasteiger partial charge is 0.469 e. The van der Waals surface area contributed by atoms with E-state index in [9.17, 15) is 13.6 Å². The van der Waals surface area contributed by atoms with E-state index in [1.54, 1.807) is 28.7 Å². The zero-order valence-electron chi connectivity index (χ0n) is 8.71. The Kier molecular flexibility index (Phi) is 4.74. The summed E-state index contributed by atoms with van der Waals surface area (Å²) in [4.78, 5) is 14.6. The van der Waals surface area contributed by atoms with Crippen molar-refractivity contribution in [3.63, 3.8) is 0 Å². The van der Waals surface area contributed by atoms with E-state index in [1.165, 1.54) is 13.2 Å². The van der Waals surface area contributed by atoms with E-state index in [0.717, 1.165) is 0 Å². The van der Waals surface area contributed by atoms with Crippen LogP contribution in [0.5, 0.6) is 0 Å². The first-order chi connectivity index (χ1) is 7.99. The van der Waals surface area contributed by atoms with Crippen LogP contribution in [0.25, 0.3) is 0 Å². The van der Waals surface area contributed by atoms with Gasteiger partial charge in [-0.2, -0.15) is 5.26 Å². The van der Waals surface area contributed by atoms with Gasteiger partial charge in [0.2, 0.25) is 0 Å². The molecule has 1 heterocycles. The molecular weight excluding hydrogens is 345 g/mol. The quantitative estimate of drug-likeness (QED) is 0.618. The van der Waals surface area contributed by atoms with Gasteiger partial charge < -0.3 is 4.74 Å². The molecule has 0 aromatic carbocycles. The van der Waals surface area contributed by atoms with Crippen molar-refractivity contribution in [2.75, 3.05) is 7.11 Å². The molecule has 0 atom stereocenters. The average Bonchev–Trinajstić information content (AvgIpc) is 2.30. The predicted molar refractivity (Wildman–Crippen MR) is 62.3 cm³/mol. The molecule has 0 aliphatic heterocycles. The lowest BCUT2D eigenvalue weighted by Gasteiger charge is -2.09. The second-order valence-electron chi connectivity index (χ2n) is 3.02. The number of methoxy groups -OCH3 is 1. The van der Waals surface area contributed by atoms with Crippen molar-refractivity contribution >= 4 is 28.6 Å². The number of rotatable bonds is 3. The number of aromatic nitrogens is 1. The molecule has 0 aliphatic carbocycles. The number of hydrogen-bond acceptors (Lipinski definition) is 4. The third-order valence-electron chi connectivity index (χ3n) is 1.97. The van der Waals surface area contributed by atoms with Crippen LogP contribution in [0.15, 0.2) is 6.07 Å². The Morgan fingerprint density at radius 2 is 2.35 bits per heavy atom. The summed E-state index contributed by atoms with van der Waals surface area (Å²) in [6.07, 6.45) is -3.12. The highest BCUT2D eigenvalue weighted by atomic mass is 127. The molecule has 1 rings (SSSR count). The zero-order valence-corrected chi connectivity index (χ0v) is 10.9. The summed E-state index contributed by atoms with van der Waals surface area (Å²) in [5.41, 5.74) is -0.538. The average molecular weight is 352 g/mol. The molecule has 1 aromatic heterocycles. The van der Waals surface area contributed by atoms with Gasteiger partial charge in [-0.3, -0.25) is 4.79 Å².